The highest BCUT2D eigenvalue weighted by Gasteiger charge is 2.23. The van der Waals surface area contributed by atoms with E-state index < -0.39 is 0 Å². The third kappa shape index (κ3) is 2.09. The summed E-state index contributed by atoms with van der Waals surface area (Å²) < 4.78 is 0. The largest absolute Gasteiger partial charge is 0.298 e. The molecule has 0 aliphatic carbocycles. The van der Waals surface area contributed by atoms with Crippen molar-refractivity contribution in [3.63, 3.8) is 0 Å². The Labute approximate surface area is 103 Å². The van der Waals surface area contributed by atoms with Crippen LogP contribution in [0, 0.1) is 0 Å². The minimum absolute atomic E-state index is 0.00572. The molecule has 82 valence electrons. The van der Waals surface area contributed by atoms with E-state index in [9.17, 15) is 4.79 Å². The summed E-state index contributed by atoms with van der Waals surface area (Å²) in [5.74, 6) is 0.00572. The van der Waals surface area contributed by atoms with Crippen LogP contribution in [0.1, 0.15) is 17.3 Å². The molecule has 1 unspecified atom stereocenters. The fourth-order valence-electron chi connectivity index (χ4n) is 1.56. The average molecular weight is 278 g/mol. The molecule has 0 saturated carbocycles. The number of halogens is 1. The molecule has 0 bridgehead atoms. The molecule has 0 aromatic heterocycles. The molecule has 1 aromatic carbocycles. The summed E-state index contributed by atoms with van der Waals surface area (Å²) in [5.41, 5.74) is 1.82. The van der Waals surface area contributed by atoms with Crippen LogP contribution in [-0.4, -0.2) is 15.8 Å². The van der Waals surface area contributed by atoms with Crippen LogP contribution in [-0.2, 0) is 0 Å². The van der Waals surface area contributed by atoms with Gasteiger partial charge in [-0.1, -0.05) is 40.2 Å². The number of hydrogen-bond donors (Lipinski definition) is 0. The van der Waals surface area contributed by atoms with Crippen LogP contribution in [0.25, 0.3) is 0 Å². The Bertz CT molecular complexity index is 450. The maximum atomic E-state index is 12.2. The number of allylic oxidation sites excluding steroid dienone is 2. The second-order valence-electron chi connectivity index (χ2n) is 3.67. The molecule has 2 nitrogen and oxygen atoms in total. The van der Waals surface area contributed by atoms with Crippen molar-refractivity contribution in [2.75, 3.05) is 0 Å². The average Bonchev–Trinajstić information content (AvgIpc) is 2.33. The Hall–Kier alpha value is -1.35. The lowest BCUT2D eigenvalue weighted by molar-refractivity contribution is 0.0821. The third-order valence-electron chi connectivity index (χ3n) is 2.48. The summed E-state index contributed by atoms with van der Waals surface area (Å²) in [6.45, 7) is 1.99. The van der Waals surface area contributed by atoms with Gasteiger partial charge in [0.15, 0.2) is 0 Å². The van der Waals surface area contributed by atoms with Gasteiger partial charge in [-0.3, -0.25) is 9.69 Å². The fourth-order valence-corrected chi connectivity index (χ4v) is 2.04. The minimum atomic E-state index is -0.0507. The Balaban J connectivity index is 2.24. The van der Waals surface area contributed by atoms with Gasteiger partial charge in [-0.2, -0.15) is 0 Å². The van der Waals surface area contributed by atoms with E-state index in [4.69, 9.17) is 0 Å². The predicted molar refractivity (Wildman–Crippen MR) is 68.2 cm³/mol. The second kappa shape index (κ2) is 4.66. The van der Waals surface area contributed by atoms with E-state index in [1.54, 1.807) is 11.1 Å². The van der Waals surface area contributed by atoms with Crippen molar-refractivity contribution < 1.29 is 4.79 Å². The van der Waals surface area contributed by atoms with Crippen LogP contribution >= 0.6 is 15.9 Å². The molecule has 1 atom stereocenters. The Morgan fingerprint density at radius 2 is 2.00 bits per heavy atom. The van der Waals surface area contributed by atoms with Gasteiger partial charge in [0.1, 0.15) is 4.95 Å². The van der Waals surface area contributed by atoms with Gasteiger partial charge in [0, 0.05) is 11.8 Å². The van der Waals surface area contributed by atoms with Crippen LogP contribution < -0.4 is 0 Å². The molecule has 0 spiro atoms. The first-order valence-electron chi connectivity index (χ1n) is 5.07. The maximum Gasteiger partial charge on any atom is 0.259 e. The van der Waals surface area contributed by atoms with Gasteiger partial charge < -0.3 is 0 Å². The van der Waals surface area contributed by atoms with Crippen molar-refractivity contribution in [3.8, 4) is 0 Å². The predicted octanol–water partition coefficient (Wildman–Crippen LogP) is 3.32. The van der Waals surface area contributed by atoms with Crippen molar-refractivity contribution >= 4 is 21.8 Å². The van der Waals surface area contributed by atoms with Crippen LogP contribution in [0.3, 0.4) is 0 Å². The molecule has 1 aromatic rings. The number of benzene rings is 1. The first-order valence-corrected chi connectivity index (χ1v) is 5.98. The van der Waals surface area contributed by atoms with Crippen molar-refractivity contribution in [2.24, 2.45) is 0 Å². The third-order valence-corrected chi connectivity index (χ3v) is 3.64. The smallest absolute Gasteiger partial charge is 0.259 e. The molecule has 1 heterocycles. The van der Waals surface area contributed by atoms with E-state index in [2.05, 4.69) is 15.9 Å². The van der Waals surface area contributed by atoms with E-state index in [0.29, 0.717) is 5.56 Å². The van der Waals surface area contributed by atoms with Crippen LogP contribution in [0.5, 0.6) is 0 Å². The van der Waals surface area contributed by atoms with E-state index >= 15 is 0 Å². The highest BCUT2D eigenvalue weighted by Crippen LogP contribution is 2.23. The van der Waals surface area contributed by atoms with Gasteiger partial charge in [-0.15, -0.1) is 0 Å². The van der Waals surface area contributed by atoms with Crippen LogP contribution in [0.15, 0.2) is 54.3 Å². The zero-order chi connectivity index (χ0) is 11.5. The maximum absolute atomic E-state index is 12.2. The van der Waals surface area contributed by atoms with E-state index in [1.807, 2.05) is 49.4 Å². The zero-order valence-electron chi connectivity index (χ0n) is 8.93. The summed E-state index contributed by atoms with van der Waals surface area (Å²) in [7, 11) is 0. The number of nitrogens with zero attached hydrogens (tertiary/aromatic N) is 1. The first kappa shape index (κ1) is 11.1. The topological polar surface area (TPSA) is 20.3 Å². The Morgan fingerprint density at radius 1 is 1.31 bits per heavy atom. The molecule has 2 rings (SSSR count). The van der Waals surface area contributed by atoms with Crippen molar-refractivity contribution in [1.82, 2.24) is 4.90 Å². The summed E-state index contributed by atoms with van der Waals surface area (Å²) in [6, 6.07) is 9.28. The SMILES string of the molecule is CC1=CC=CN(C(=O)c2ccccc2)C1Br. The van der Waals surface area contributed by atoms with E-state index in [0.717, 1.165) is 5.57 Å². The van der Waals surface area contributed by atoms with Gasteiger partial charge in [0.2, 0.25) is 0 Å². The number of hydrogen-bond acceptors (Lipinski definition) is 1. The summed E-state index contributed by atoms with van der Waals surface area (Å²) in [4.78, 5) is 13.8. The number of amides is 1. The Kier molecular flexibility index (Phi) is 3.25. The minimum Gasteiger partial charge on any atom is -0.298 e. The Morgan fingerprint density at radius 3 is 2.69 bits per heavy atom. The first-order chi connectivity index (χ1) is 7.70. The zero-order valence-corrected chi connectivity index (χ0v) is 10.5. The molecule has 0 saturated heterocycles. The lowest BCUT2D eigenvalue weighted by Crippen LogP contribution is -2.34. The van der Waals surface area contributed by atoms with Crippen molar-refractivity contribution in [3.05, 3.63) is 59.8 Å². The van der Waals surface area contributed by atoms with Gasteiger partial charge in [0.25, 0.3) is 5.91 Å². The number of alkyl halides is 1. The standard InChI is InChI=1S/C13H12BrNO/c1-10-6-5-9-15(12(10)14)13(16)11-7-3-2-4-8-11/h2-9,12H,1H3. The molecular weight excluding hydrogens is 266 g/mol. The molecule has 1 aliphatic heterocycles. The van der Waals surface area contributed by atoms with E-state index in [1.165, 1.54) is 0 Å². The van der Waals surface area contributed by atoms with Crippen molar-refractivity contribution in [1.29, 1.82) is 0 Å². The number of rotatable bonds is 1. The van der Waals surface area contributed by atoms with Gasteiger partial charge in [0.05, 0.1) is 0 Å². The van der Waals surface area contributed by atoms with Crippen molar-refractivity contribution in [2.45, 2.75) is 11.9 Å². The summed E-state index contributed by atoms with van der Waals surface area (Å²) in [5, 5.41) is 0. The molecular formula is C13H12BrNO. The lowest BCUT2D eigenvalue weighted by Gasteiger charge is -2.27. The molecule has 3 heteroatoms. The summed E-state index contributed by atoms with van der Waals surface area (Å²) in [6.07, 6.45) is 5.67. The highest BCUT2D eigenvalue weighted by atomic mass is 79.9. The molecule has 1 amide bonds. The molecule has 0 radical (unpaired) electrons. The monoisotopic (exact) mass is 277 g/mol. The molecule has 0 fully saturated rings. The molecule has 1 aliphatic rings. The van der Waals surface area contributed by atoms with Crippen LogP contribution in [0.2, 0.25) is 0 Å². The quantitative estimate of drug-likeness (QED) is 0.570. The van der Waals surface area contributed by atoms with Gasteiger partial charge >= 0.3 is 0 Å². The van der Waals surface area contributed by atoms with Crippen LogP contribution in [0.4, 0.5) is 0 Å². The van der Waals surface area contributed by atoms with E-state index in [-0.39, 0.29) is 10.9 Å². The highest BCUT2D eigenvalue weighted by molar-refractivity contribution is 9.09. The molecule has 16 heavy (non-hydrogen) atoms. The number of carbonyl (C=O) groups is 1. The molecule has 0 N–H and O–H groups in total. The van der Waals surface area contributed by atoms with Gasteiger partial charge in [-0.05, 0) is 30.7 Å². The second-order valence-corrected chi connectivity index (χ2v) is 4.53. The fraction of sp³-hybridized carbons (Fsp3) is 0.154. The van der Waals surface area contributed by atoms with Gasteiger partial charge in [-0.25, -0.2) is 0 Å². The summed E-state index contributed by atoms with van der Waals surface area (Å²) >= 11 is 3.50. The lowest BCUT2D eigenvalue weighted by atomic mass is 10.1. The number of carbonyl (C=O) groups excluding carboxylic acids is 1. The normalized spacial score (nSPS) is 19.5.